The molecule has 2 aliphatic rings. The predicted octanol–water partition coefficient (Wildman–Crippen LogP) is 10.8. The van der Waals surface area contributed by atoms with E-state index in [2.05, 4.69) is 84.9 Å². The topological polar surface area (TPSA) is 34.1 Å². The van der Waals surface area contributed by atoms with Crippen LogP contribution in [0.3, 0.4) is 0 Å². The highest BCUT2D eigenvalue weighted by Gasteiger charge is 2.55. The van der Waals surface area contributed by atoms with Crippen molar-refractivity contribution in [3.05, 3.63) is 203 Å². The van der Waals surface area contributed by atoms with Crippen LogP contribution in [0.2, 0.25) is 0 Å². The van der Waals surface area contributed by atoms with Crippen LogP contribution in [-0.4, -0.2) is 11.6 Å². The second-order valence-electron chi connectivity index (χ2n) is 13.0. The molecule has 0 saturated heterocycles. The monoisotopic (exact) mass is 616 g/mol. The molecule has 0 radical (unpaired) electrons. The minimum absolute atomic E-state index is 0.0423. The Morgan fingerprint density at radius 2 is 0.625 bits per heavy atom. The number of carbonyl (C=O) groups is 2. The van der Waals surface area contributed by atoms with E-state index in [0.29, 0.717) is 11.1 Å². The number of carbonyl (C=O) groups excluding carboxylic acids is 2. The SMILES string of the molecule is O=C1c2c(c(-c3ccccc3)c3ccccc3c2-c2ccccc2)C(=O)[C@H]2[C@@H](c3ccccc3)c3ccccc3[C@H](c3ccccc3)[C@H]12. The van der Waals surface area contributed by atoms with Gasteiger partial charge in [-0.2, -0.15) is 0 Å². The summed E-state index contributed by atoms with van der Waals surface area (Å²) < 4.78 is 0. The van der Waals surface area contributed by atoms with Crippen molar-refractivity contribution in [1.82, 2.24) is 0 Å². The number of benzene rings is 7. The highest BCUT2D eigenvalue weighted by molar-refractivity contribution is 6.28. The van der Waals surface area contributed by atoms with Crippen LogP contribution < -0.4 is 0 Å². The largest absolute Gasteiger partial charge is 0.294 e. The molecule has 2 aliphatic carbocycles. The van der Waals surface area contributed by atoms with E-state index in [1.165, 1.54) is 0 Å². The van der Waals surface area contributed by atoms with Crippen molar-refractivity contribution < 1.29 is 9.59 Å². The van der Waals surface area contributed by atoms with Crippen LogP contribution in [0.1, 0.15) is 54.8 Å². The summed E-state index contributed by atoms with van der Waals surface area (Å²) >= 11 is 0. The zero-order valence-corrected chi connectivity index (χ0v) is 26.3. The summed E-state index contributed by atoms with van der Waals surface area (Å²) in [5.74, 6) is -1.62. The minimum Gasteiger partial charge on any atom is -0.294 e. The summed E-state index contributed by atoms with van der Waals surface area (Å²) in [4.78, 5) is 31.7. The lowest BCUT2D eigenvalue weighted by Gasteiger charge is -2.46. The lowest BCUT2D eigenvalue weighted by atomic mass is 9.53. The molecule has 2 heteroatoms. The first-order chi connectivity index (χ1) is 23.7. The highest BCUT2D eigenvalue weighted by atomic mass is 16.1. The van der Waals surface area contributed by atoms with Gasteiger partial charge in [0.15, 0.2) is 11.6 Å². The van der Waals surface area contributed by atoms with Gasteiger partial charge in [-0.05, 0) is 44.2 Å². The number of Topliss-reactive ketones (excluding diaryl/α,β-unsaturated/α-hetero) is 2. The lowest BCUT2D eigenvalue weighted by Crippen LogP contribution is -2.47. The van der Waals surface area contributed by atoms with E-state index >= 15 is 9.59 Å². The molecule has 0 unspecified atom stereocenters. The normalized spacial score (nSPS) is 19.8. The second-order valence-corrected chi connectivity index (χ2v) is 13.0. The lowest BCUT2D eigenvalue weighted by molar-refractivity contribution is 0.0684. The van der Waals surface area contributed by atoms with E-state index < -0.39 is 11.8 Å². The van der Waals surface area contributed by atoms with Crippen LogP contribution in [0.4, 0.5) is 0 Å². The van der Waals surface area contributed by atoms with Gasteiger partial charge in [0.1, 0.15) is 0 Å². The summed E-state index contributed by atoms with van der Waals surface area (Å²) in [7, 11) is 0. The summed E-state index contributed by atoms with van der Waals surface area (Å²) in [5.41, 5.74) is 9.03. The summed E-state index contributed by atoms with van der Waals surface area (Å²) in [6.45, 7) is 0. The molecule has 4 atom stereocenters. The Kier molecular flexibility index (Phi) is 6.76. The molecule has 228 valence electrons. The highest BCUT2D eigenvalue weighted by Crippen LogP contribution is 2.58. The van der Waals surface area contributed by atoms with E-state index in [0.717, 1.165) is 55.3 Å². The van der Waals surface area contributed by atoms with Gasteiger partial charge in [0, 0.05) is 45.9 Å². The molecule has 7 aromatic carbocycles. The molecule has 0 N–H and O–H groups in total. The average Bonchev–Trinajstić information content (AvgIpc) is 3.16. The molecule has 7 aromatic rings. The van der Waals surface area contributed by atoms with Crippen molar-refractivity contribution in [3.8, 4) is 22.3 Å². The molecule has 9 rings (SSSR count). The molecule has 0 aliphatic heterocycles. The third-order valence-corrected chi connectivity index (χ3v) is 10.5. The molecule has 0 saturated carbocycles. The first kappa shape index (κ1) is 28.4. The Morgan fingerprint density at radius 1 is 0.312 bits per heavy atom. The Hall–Kier alpha value is -5.86. The predicted molar refractivity (Wildman–Crippen MR) is 193 cm³/mol. The van der Waals surface area contributed by atoms with Gasteiger partial charge < -0.3 is 0 Å². The first-order valence-electron chi connectivity index (χ1n) is 16.7. The molecule has 0 amide bonds. The summed E-state index contributed by atoms with van der Waals surface area (Å²) in [5, 5.41) is 1.96. The van der Waals surface area contributed by atoms with Crippen LogP contribution >= 0.6 is 0 Å². The van der Waals surface area contributed by atoms with Gasteiger partial charge >= 0.3 is 0 Å². The van der Waals surface area contributed by atoms with E-state index in [9.17, 15) is 0 Å². The Balaban J connectivity index is 1.44. The van der Waals surface area contributed by atoms with Crippen molar-refractivity contribution >= 4 is 22.3 Å². The van der Waals surface area contributed by atoms with E-state index in [1.807, 2.05) is 84.9 Å². The van der Waals surface area contributed by atoms with Gasteiger partial charge in [0.05, 0.1) is 0 Å². The number of rotatable bonds is 4. The van der Waals surface area contributed by atoms with Crippen molar-refractivity contribution in [2.24, 2.45) is 11.8 Å². The van der Waals surface area contributed by atoms with E-state index in [4.69, 9.17) is 0 Å². The van der Waals surface area contributed by atoms with Crippen molar-refractivity contribution in [2.75, 3.05) is 0 Å². The Labute approximate surface area is 280 Å². The molecule has 0 bridgehead atoms. The minimum atomic E-state index is -0.584. The van der Waals surface area contributed by atoms with Gasteiger partial charge in [0.2, 0.25) is 0 Å². The number of hydrogen-bond donors (Lipinski definition) is 0. The molecule has 0 aromatic heterocycles. The maximum absolute atomic E-state index is 15.8. The van der Waals surface area contributed by atoms with E-state index in [-0.39, 0.29) is 23.4 Å². The van der Waals surface area contributed by atoms with Crippen molar-refractivity contribution in [1.29, 1.82) is 0 Å². The Bertz CT molecular complexity index is 2160. The van der Waals surface area contributed by atoms with Gasteiger partial charge in [-0.25, -0.2) is 0 Å². The maximum atomic E-state index is 15.8. The molecular formula is C46H32O2. The molecular weight excluding hydrogens is 585 g/mol. The fourth-order valence-electron chi connectivity index (χ4n) is 8.68. The van der Waals surface area contributed by atoms with Crippen LogP contribution in [0.5, 0.6) is 0 Å². The quantitative estimate of drug-likeness (QED) is 0.197. The van der Waals surface area contributed by atoms with Gasteiger partial charge in [-0.3, -0.25) is 9.59 Å². The number of fused-ring (bicyclic) bond motifs is 4. The van der Waals surface area contributed by atoms with Crippen LogP contribution in [0, 0.1) is 11.8 Å². The van der Waals surface area contributed by atoms with E-state index in [1.54, 1.807) is 0 Å². The van der Waals surface area contributed by atoms with Crippen LogP contribution in [0.25, 0.3) is 33.0 Å². The third kappa shape index (κ3) is 4.26. The van der Waals surface area contributed by atoms with Crippen molar-refractivity contribution in [2.45, 2.75) is 11.8 Å². The summed E-state index contributed by atoms with van der Waals surface area (Å²) in [6, 6.07) is 57.6. The average molecular weight is 617 g/mol. The smallest absolute Gasteiger partial charge is 0.169 e. The molecule has 0 fully saturated rings. The molecule has 2 nitrogen and oxygen atoms in total. The van der Waals surface area contributed by atoms with Gasteiger partial charge in [-0.15, -0.1) is 0 Å². The second kappa shape index (κ2) is 11.4. The zero-order chi connectivity index (χ0) is 32.2. The van der Waals surface area contributed by atoms with Gasteiger partial charge in [0.25, 0.3) is 0 Å². The number of ketones is 2. The van der Waals surface area contributed by atoms with Crippen LogP contribution in [0.15, 0.2) is 170 Å². The zero-order valence-electron chi connectivity index (χ0n) is 26.3. The Morgan fingerprint density at radius 3 is 1.00 bits per heavy atom. The molecule has 0 heterocycles. The van der Waals surface area contributed by atoms with Gasteiger partial charge in [-0.1, -0.05) is 170 Å². The third-order valence-electron chi connectivity index (χ3n) is 10.5. The number of hydrogen-bond acceptors (Lipinski definition) is 2. The maximum Gasteiger partial charge on any atom is 0.169 e. The standard InChI is InChI=1S/C46H32O2/c47-45-41-37(29-17-5-1-6-18-29)33-25-13-14-26-34(33)38(30-19-7-2-8-20-30)42(41)46(48)44-40(32-23-11-4-12-24-32)36-28-16-15-27-35(36)39(43(44)45)31-21-9-3-10-22-31/h1-28,37-38,41-42H/t37-,38-,41-,42-/m0/s1. The summed E-state index contributed by atoms with van der Waals surface area (Å²) in [6.07, 6.45) is 0. The van der Waals surface area contributed by atoms with Crippen molar-refractivity contribution in [3.63, 3.8) is 0 Å². The fourth-order valence-corrected chi connectivity index (χ4v) is 8.68. The molecule has 48 heavy (non-hydrogen) atoms. The molecule has 0 spiro atoms. The first-order valence-corrected chi connectivity index (χ1v) is 16.7. The fraction of sp³-hybridized carbons (Fsp3) is 0.0870. The van der Waals surface area contributed by atoms with Crippen LogP contribution in [-0.2, 0) is 0 Å².